The first kappa shape index (κ1) is 75.8. The van der Waals surface area contributed by atoms with Gasteiger partial charge in [0.2, 0.25) is 0 Å². The molecule has 0 amide bonds. The van der Waals surface area contributed by atoms with Gasteiger partial charge in [0.25, 0.3) is 0 Å². The fourth-order valence-electron chi connectivity index (χ4n) is 9.20. The number of allylic oxidation sites excluding steroid dienone is 20. The average molecular weight is 1110 g/mol. The summed E-state index contributed by atoms with van der Waals surface area (Å²) in [6.07, 6.45) is 93.5. The summed E-state index contributed by atoms with van der Waals surface area (Å²) in [5.74, 6) is -0.919. The minimum absolute atomic E-state index is 0.0893. The molecule has 0 aliphatic heterocycles. The second-order valence-electron chi connectivity index (χ2n) is 22.0. The van der Waals surface area contributed by atoms with Crippen LogP contribution in [0.4, 0.5) is 0 Å². The third-order valence-electron chi connectivity index (χ3n) is 14.2. The van der Waals surface area contributed by atoms with Crippen molar-refractivity contribution in [2.75, 3.05) is 13.2 Å². The molecule has 0 saturated heterocycles. The van der Waals surface area contributed by atoms with E-state index in [9.17, 15) is 14.4 Å². The zero-order valence-electron chi connectivity index (χ0n) is 52.3. The SMILES string of the molecule is CC/C=C\C/C=C\C/C=C\C/C=C\C/C=C\C/C=C\C/C=C\C/C=C\C/C=C\CCCCCC(=O)OCC(COC(=O)CCCCCCCCCCCCCCCC)OC(=O)CCCCCCCCC/C=C\CCCCCCCC. The molecule has 456 valence electrons. The number of unbranched alkanes of at least 4 members (excludes halogenated alkanes) is 29. The molecule has 0 aromatic heterocycles. The van der Waals surface area contributed by atoms with Gasteiger partial charge in [-0.25, -0.2) is 0 Å². The third kappa shape index (κ3) is 64.6. The molecule has 1 atom stereocenters. The topological polar surface area (TPSA) is 78.9 Å². The maximum atomic E-state index is 12.9. The molecular weight excluding hydrogens is 985 g/mol. The lowest BCUT2D eigenvalue weighted by Crippen LogP contribution is -2.30. The smallest absolute Gasteiger partial charge is 0.306 e. The Balaban J connectivity index is 4.39. The van der Waals surface area contributed by atoms with E-state index in [2.05, 4.69) is 142 Å². The van der Waals surface area contributed by atoms with Crippen molar-refractivity contribution in [1.82, 2.24) is 0 Å². The zero-order chi connectivity index (χ0) is 57.8. The fourth-order valence-corrected chi connectivity index (χ4v) is 9.20. The second kappa shape index (κ2) is 67.3. The Hall–Kier alpha value is -4.19. The van der Waals surface area contributed by atoms with Gasteiger partial charge >= 0.3 is 17.9 Å². The van der Waals surface area contributed by atoms with Crippen LogP contribution in [-0.4, -0.2) is 37.2 Å². The Morgan fingerprint density at radius 1 is 0.263 bits per heavy atom. The molecular formula is C74H124O6. The molecule has 0 heterocycles. The molecule has 0 aliphatic rings. The van der Waals surface area contributed by atoms with E-state index in [4.69, 9.17) is 14.2 Å². The van der Waals surface area contributed by atoms with Gasteiger partial charge in [-0.3, -0.25) is 14.4 Å². The second-order valence-corrected chi connectivity index (χ2v) is 22.0. The van der Waals surface area contributed by atoms with Crippen molar-refractivity contribution in [3.63, 3.8) is 0 Å². The highest BCUT2D eigenvalue weighted by Crippen LogP contribution is 2.16. The van der Waals surface area contributed by atoms with Crippen molar-refractivity contribution in [3.8, 4) is 0 Å². The van der Waals surface area contributed by atoms with Gasteiger partial charge in [-0.2, -0.15) is 0 Å². The first-order valence-electron chi connectivity index (χ1n) is 33.5. The lowest BCUT2D eigenvalue weighted by atomic mass is 10.0. The van der Waals surface area contributed by atoms with Crippen LogP contribution in [0.15, 0.2) is 122 Å². The molecule has 0 aromatic rings. The van der Waals surface area contributed by atoms with E-state index >= 15 is 0 Å². The van der Waals surface area contributed by atoms with Gasteiger partial charge in [-0.15, -0.1) is 0 Å². The molecule has 6 heteroatoms. The summed E-state index contributed by atoms with van der Waals surface area (Å²) in [5, 5.41) is 0. The molecule has 0 bridgehead atoms. The van der Waals surface area contributed by atoms with Crippen LogP contribution in [0.3, 0.4) is 0 Å². The van der Waals surface area contributed by atoms with Gasteiger partial charge in [0, 0.05) is 19.3 Å². The highest BCUT2D eigenvalue weighted by molar-refractivity contribution is 5.71. The largest absolute Gasteiger partial charge is 0.462 e. The molecule has 80 heavy (non-hydrogen) atoms. The molecule has 0 rings (SSSR count). The van der Waals surface area contributed by atoms with Crippen molar-refractivity contribution < 1.29 is 28.6 Å². The predicted octanol–water partition coefficient (Wildman–Crippen LogP) is 23.2. The summed E-state index contributed by atoms with van der Waals surface area (Å²) >= 11 is 0. The van der Waals surface area contributed by atoms with Crippen LogP contribution in [-0.2, 0) is 28.6 Å². The minimum Gasteiger partial charge on any atom is -0.462 e. The van der Waals surface area contributed by atoms with Crippen LogP contribution >= 0.6 is 0 Å². The van der Waals surface area contributed by atoms with Crippen LogP contribution in [0.25, 0.3) is 0 Å². The van der Waals surface area contributed by atoms with Crippen molar-refractivity contribution in [1.29, 1.82) is 0 Å². The van der Waals surface area contributed by atoms with Gasteiger partial charge in [0.1, 0.15) is 13.2 Å². The van der Waals surface area contributed by atoms with Gasteiger partial charge in [0.15, 0.2) is 6.10 Å². The number of hydrogen-bond donors (Lipinski definition) is 0. The zero-order valence-corrected chi connectivity index (χ0v) is 52.3. The number of hydrogen-bond acceptors (Lipinski definition) is 6. The fraction of sp³-hybridized carbons (Fsp3) is 0.689. The van der Waals surface area contributed by atoms with Crippen molar-refractivity contribution in [3.05, 3.63) is 122 Å². The molecule has 1 unspecified atom stereocenters. The Bertz CT molecular complexity index is 1650. The Kier molecular flexibility index (Phi) is 63.8. The third-order valence-corrected chi connectivity index (χ3v) is 14.2. The van der Waals surface area contributed by atoms with E-state index in [1.807, 2.05) is 0 Å². The van der Waals surface area contributed by atoms with E-state index in [1.165, 1.54) is 148 Å². The molecule has 0 aromatic carbocycles. The van der Waals surface area contributed by atoms with Crippen LogP contribution < -0.4 is 0 Å². The van der Waals surface area contributed by atoms with E-state index in [0.29, 0.717) is 19.3 Å². The summed E-state index contributed by atoms with van der Waals surface area (Å²) in [5.41, 5.74) is 0. The molecule has 0 fully saturated rings. The number of rotatable bonds is 60. The first-order chi connectivity index (χ1) is 39.5. The average Bonchev–Trinajstić information content (AvgIpc) is 3.46. The van der Waals surface area contributed by atoms with Gasteiger partial charge in [-0.05, 0) is 116 Å². The lowest BCUT2D eigenvalue weighted by Gasteiger charge is -2.18. The molecule has 6 nitrogen and oxygen atoms in total. The Labute approximate surface area is 494 Å². The summed E-state index contributed by atoms with van der Waals surface area (Å²) in [6, 6.07) is 0. The molecule has 0 saturated carbocycles. The van der Waals surface area contributed by atoms with Crippen LogP contribution in [0.2, 0.25) is 0 Å². The van der Waals surface area contributed by atoms with Crippen LogP contribution in [0.5, 0.6) is 0 Å². The van der Waals surface area contributed by atoms with E-state index < -0.39 is 6.10 Å². The van der Waals surface area contributed by atoms with Crippen molar-refractivity contribution >= 4 is 17.9 Å². The quantitative estimate of drug-likeness (QED) is 0.0261. The van der Waals surface area contributed by atoms with E-state index in [0.717, 1.165) is 122 Å². The van der Waals surface area contributed by atoms with Crippen molar-refractivity contribution in [2.24, 2.45) is 0 Å². The number of carbonyl (C=O) groups is 3. The molecule has 0 N–H and O–H groups in total. The van der Waals surface area contributed by atoms with Crippen LogP contribution in [0.1, 0.15) is 310 Å². The predicted molar refractivity (Wildman–Crippen MR) is 348 cm³/mol. The summed E-state index contributed by atoms with van der Waals surface area (Å²) < 4.78 is 16.9. The van der Waals surface area contributed by atoms with Gasteiger partial charge in [0.05, 0.1) is 0 Å². The highest BCUT2D eigenvalue weighted by Gasteiger charge is 2.19. The standard InChI is InChI=1S/C74H124O6/c1-4-7-10-13-16-19-22-25-28-30-31-32-33-34-35-36-37-38-39-40-41-42-43-45-46-49-52-55-58-61-64-67-73(76)79-70-71(69-78-72(75)66-63-60-57-54-51-48-27-24-21-18-15-12-9-6-3)80-74(77)68-65-62-59-56-53-50-47-44-29-26-23-20-17-14-11-8-5-2/h7,10,16,19,25-26,28-29,31-32,34-35,37-38,40-41,43,45,49,52,71H,4-6,8-9,11-15,17-18,20-24,27,30,33,36,39,42,44,46-48,50-51,53-70H2,1-3H3/b10-7-,19-16-,28-25-,29-26-,32-31-,35-34-,38-37-,41-40-,45-43-,52-49-. The number of esters is 3. The minimum atomic E-state index is -0.796. The molecule has 0 spiro atoms. The summed E-state index contributed by atoms with van der Waals surface area (Å²) in [6.45, 7) is 6.51. The molecule has 0 radical (unpaired) electrons. The summed E-state index contributed by atoms with van der Waals surface area (Å²) in [4.78, 5) is 38.3. The number of ether oxygens (including phenoxy) is 3. The maximum Gasteiger partial charge on any atom is 0.306 e. The van der Waals surface area contributed by atoms with Crippen LogP contribution in [0, 0.1) is 0 Å². The van der Waals surface area contributed by atoms with Gasteiger partial charge < -0.3 is 14.2 Å². The normalized spacial score (nSPS) is 12.9. The highest BCUT2D eigenvalue weighted by atomic mass is 16.6. The van der Waals surface area contributed by atoms with Gasteiger partial charge in [-0.1, -0.05) is 296 Å². The Morgan fingerprint density at radius 3 is 0.787 bits per heavy atom. The first-order valence-corrected chi connectivity index (χ1v) is 33.5. The van der Waals surface area contributed by atoms with E-state index in [-0.39, 0.29) is 31.1 Å². The molecule has 0 aliphatic carbocycles. The van der Waals surface area contributed by atoms with Crippen molar-refractivity contribution in [2.45, 2.75) is 316 Å². The monoisotopic (exact) mass is 1110 g/mol. The lowest BCUT2D eigenvalue weighted by molar-refractivity contribution is -0.167. The van der Waals surface area contributed by atoms with E-state index in [1.54, 1.807) is 0 Å². The maximum absolute atomic E-state index is 12.9. The summed E-state index contributed by atoms with van der Waals surface area (Å²) in [7, 11) is 0. The number of carbonyl (C=O) groups excluding carboxylic acids is 3. The Morgan fingerprint density at radius 2 is 0.487 bits per heavy atom.